The second-order valence-corrected chi connectivity index (χ2v) is 11.3. The summed E-state index contributed by atoms with van der Waals surface area (Å²) < 4.78 is 1.92. The summed E-state index contributed by atoms with van der Waals surface area (Å²) in [6, 6.07) is 5.23. The number of rotatable bonds is 8. The van der Waals surface area contributed by atoms with Crippen LogP contribution in [0.15, 0.2) is 36.9 Å². The Hall–Kier alpha value is -4.94. The van der Waals surface area contributed by atoms with Gasteiger partial charge < -0.3 is 15.0 Å². The lowest BCUT2D eigenvalue weighted by Gasteiger charge is -2.17. The highest BCUT2D eigenvalue weighted by atomic mass is 16.2. The van der Waals surface area contributed by atoms with Crippen LogP contribution in [0.3, 0.4) is 0 Å². The highest BCUT2D eigenvalue weighted by Crippen LogP contribution is 2.46. The first kappa shape index (κ1) is 26.0. The fourth-order valence-corrected chi connectivity index (χ4v) is 5.47. The summed E-state index contributed by atoms with van der Waals surface area (Å²) in [7, 11) is 1.49. The average Bonchev–Trinajstić information content (AvgIpc) is 3.88. The molecule has 3 aliphatic rings. The zero-order valence-electron chi connectivity index (χ0n) is 23.5. The van der Waals surface area contributed by atoms with E-state index >= 15 is 0 Å². The maximum absolute atomic E-state index is 12.9. The molecular formula is C29H30N10O3. The van der Waals surface area contributed by atoms with Crippen molar-refractivity contribution in [2.75, 3.05) is 29.1 Å². The van der Waals surface area contributed by atoms with Crippen LogP contribution in [-0.4, -0.2) is 65.7 Å². The molecule has 2 aliphatic carbocycles. The molecule has 214 valence electrons. The quantitative estimate of drug-likeness (QED) is 0.307. The monoisotopic (exact) mass is 566 g/mol. The van der Waals surface area contributed by atoms with Crippen molar-refractivity contribution < 1.29 is 14.4 Å². The van der Waals surface area contributed by atoms with Crippen LogP contribution in [0.4, 0.5) is 22.1 Å². The fourth-order valence-electron chi connectivity index (χ4n) is 5.47. The van der Waals surface area contributed by atoms with E-state index in [4.69, 9.17) is 4.98 Å². The van der Waals surface area contributed by atoms with Gasteiger partial charge in [0.25, 0.3) is 0 Å². The van der Waals surface area contributed by atoms with Crippen molar-refractivity contribution in [1.29, 1.82) is 0 Å². The molecule has 2 atom stereocenters. The van der Waals surface area contributed by atoms with E-state index in [1.807, 2.05) is 42.8 Å². The number of carbonyl (C=O) groups excluding carboxylic acids is 3. The number of carbonyl (C=O) groups is 3. The topological polar surface area (TPSA) is 151 Å². The highest BCUT2D eigenvalue weighted by molar-refractivity contribution is 6.13. The minimum atomic E-state index is -0.355. The van der Waals surface area contributed by atoms with Gasteiger partial charge in [-0.1, -0.05) is 0 Å². The fraction of sp³-hybridized carbons (Fsp3) is 0.379. The molecule has 1 saturated heterocycles. The van der Waals surface area contributed by atoms with E-state index in [-0.39, 0.29) is 36.2 Å². The van der Waals surface area contributed by atoms with Crippen LogP contribution in [0.2, 0.25) is 0 Å². The second kappa shape index (κ2) is 9.86. The van der Waals surface area contributed by atoms with Crippen LogP contribution in [0.25, 0.3) is 5.65 Å². The number of pyridine rings is 1. The van der Waals surface area contributed by atoms with Gasteiger partial charge in [-0.15, -0.1) is 0 Å². The number of amides is 4. The third-order valence-electron chi connectivity index (χ3n) is 7.96. The van der Waals surface area contributed by atoms with Crippen molar-refractivity contribution in [3.63, 3.8) is 0 Å². The number of nitrogens with zero attached hydrogens (tertiary/aromatic N) is 8. The van der Waals surface area contributed by atoms with Gasteiger partial charge in [0, 0.05) is 48.7 Å². The zero-order chi connectivity index (χ0) is 29.1. The van der Waals surface area contributed by atoms with Crippen LogP contribution in [0, 0.1) is 19.8 Å². The number of aryl methyl sites for hydroxylation is 2. The molecule has 1 aliphatic heterocycles. The normalized spacial score (nSPS) is 20.0. The summed E-state index contributed by atoms with van der Waals surface area (Å²) in [6.07, 6.45) is 8.27. The lowest BCUT2D eigenvalue weighted by molar-refractivity contribution is -0.124. The first-order chi connectivity index (χ1) is 20.2. The molecule has 2 N–H and O–H groups in total. The predicted octanol–water partition coefficient (Wildman–Crippen LogP) is 3.16. The number of imide groups is 1. The molecule has 2 saturated carbocycles. The van der Waals surface area contributed by atoms with E-state index in [9.17, 15) is 14.4 Å². The van der Waals surface area contributed by atoms with Crippen LogP contribution < -0.4 is 15.5 Å². The van der Waals surface area contributed by atoms with Gasteiger partial charge in [-0.25, -0.2) is 29.7 Å². The summed E-state index contributed by atoms with van der Waals surface area (Å²) in [5.41, 5.74) is 4.89. The Labute approximate surface area is 241 Å². The van der Waals surface area contributed by atoms with Crippen molar-refractivity contribution in [3.8, 4) is 0 Å². The predicted molar refractivity (Wildman–Crippen MR) is 153 cm³/mol. The Morgan fingerprint density at radius 2 is 1.76 bits per heavy atom. The number of hydrogen-bond acceptors (Lipinski definition) is 9. The molecule has 4 aromatic heterocycles. The number of likely N-dealkylation sites (N-methyl/N-ethyl adjacent to an activating group) is 1. The van der Waals surface area contributed by atoms with E-state index in [1.165, 1.54) is 18.3 Å². The first-order valence-electron chi connectivity index (χ1n) is 14.0. The molecule has 3 fully saturated rings. The van der Waals surface area contributed by atoms with Crippen LogP contribution >= 0.6 is 0 Å². The van der Waals surface area contributed by atoms with Gasteiger partial charge in [0.05, 0.1) is 17.9 Å². The molecule has 0 aromatic carbocycles. The van der Waals surface area contributed by atoms with Crippen molar-refractivity contribution in [3.05, 3.63) is 65.4 Å². The molecule has 42 heavy (non-hydrogen) atoms. The maximum atomic E-state index is 12.9. The van der Waals surface area contributed by atoms with Gasteiger partial charge >= 0.3 is 6.03 Å². The third kappa shape index (κ3) is 4.91. The number of fused-ring (bicyclic) bond motifs is 1. The van der Waals surface area contributed by atoms with Crippen LogP contribution in [0.1, 0.15) is 59.6 Å². The Morgan fingerprint density at radius 3 is 2.48 bits per heavy atom. The summed E-state index contributed by atoms with van der Waals surface area (Å²) in [4.78, 5) is 62.8. The Balaban J connectivity index is 1.05. The zero-order valence-corrected chi connectivity index (χ0v) is 23.5. The molecule has 4 aromatic rings. The van der Waals surface area contributed by atoms with E-state index in [1.54, 1.807) is 6.07 Å². The molecule has 13 heteroatoms. The molecule has 0 radical (unpaired) electrons. The van der Waals surface area contributed by atoms with Crippen molar-refractivity contribution >= 4 is 40.8 Å². The van der Waals surface area contributed by atoms with Crippen LogP contribution in [-0.2, 0) is 16.1 Å². The molecule has 7 rings (SSSR count). The van der Waals surface area contributed by atoms with Gasteiger partial charge in [0.2, 0.25) is 11.8 Å². The van der Waals surface area contributed by atoms with Crippen LogP contribution in [0.5, 0.6) is 0 Å². The van der Waals surface area contributed by atoms with E-state index < -0.39 is 0 Å². The van der Waals surface area contributed by atoms with Crippen molar-refractivity contribution in [2.45, 2.75) is 51.5 Å². The largest absolute Gasteiger partial charge is 0.364 e. The van der Waals surface area contributed by atoms with Gasteiger partial charge in [-0.3, -0.25) is 19.4 Å². The average molecular weight is 567 g/mol. The summed E-state index contributed by atoms with van der Waals surface area (Å²) in [5.74, 6) is 1.56. The summed E-state index contributed by atoms with van der Waals surface area (Å²) >= 11 is 0. The van der Waals surface area contributed by atoms with Gasteiger partial charge in [-0.2, -0.15) is 0 Å². The number of anilines is 3. The SMILES string of the molecule is Cc1cc(C)nc([C@H]2C[C@@H]2C(=O)Nc2cc(NCc3cn4cc(C5CC5)cc(N5CC(=O)N(C)C5=O)c4n3)ncn2)n1. The number of nitrogens with one attached hydrogen (secondary N) is 2. The number of hydrogen-bond donors (Lipinski definition) is 2. The second-order valence-electron chi connectivity index (χ2n) is 11.3. The smallest absolute Gasteiger partial charge is 0.331 e. The molecule has 0 spiro atoms. The van der Waals surface area contributed by atoms with E-state index in [0.29, 0.717) is 47.7 Å². The molecule has 4 amide bonds. The van der Waals surface area contributed by atoms with Gasteiger partial charge in [0.15, 0.2) is 5.65 Å². The standard InChI is InChI=1S/C29H30N10O3/c1-15-6-16(2)34-26(33-15)20-8-21(20)28(41)36-24-9-23(31-14-32-24)30-10-19-12-38-11-18(17-4-5-17)7-22(27(38)35-19)39-13-25(40)37(3)29(39)42/h6-7,9,11-12,14,17,20-21H,4-5,8,10,13H2,1-3H3,(H2,30,31,32,36,41)/t20-,21-/m0/s1. The first-order valence-corrected chi connectivity index (χ1v) is 14.0. The third-order valence-corrected chi connectivity index (χ3v) is 7.96. The highest BCUT2D eigenvalue weighted by Gasteiger charge is 2.46. The van der Waals surface area contributed by atoms with Crippen molar-refractivity contribution in [1.82, 2.24) is 34.2 Å². The Kier molecular flexibility index (Phi) is 6.10. The van der Waals surface area contributed by atoms with E-state index in [0.717, 1.165) is 40.4 Å². The summed E-state index contributed by atoms with van der Waals surface area (Å²) in [5, 5.41) is 6.14. The lowest BCUT2D eigenvalue weighted by atomic mass is 10.1. The number of urea groups is 1. The number of aromatic nitrogens is 6. The van der Waals surface area contributed by atoms with E-state index in [2.05, 4.69) is 30.6 Å². The molecule has 0 unspecified atom stereocenters. The Bertz CT molecular complexity index is 1740. The van der Waals surface area contributed by atoms with Gasteiger partial charge in [-0.05, 0) is 56.7 Å². The maximum Gasteiger partial charge on any atom is 0.331 e. The van der Waals surface area contributed by atoms with Gasteiger partial charge in [0.1, 0.15) is 30.3 Å². The summed E-state index contributed by atoms with van der Waals surface area (Å²) in [6.45, 7) is 4.20. The number of imidazole rings is 1. The lowest BCUT2D eigenvalue weighted by Crippen LogP contribution is -2.30. The molecular weight excluding hydrogens is 536 g/mol. The minimum absolute atomic E-state index is 0.00571. The molecule has 5 heterocycles. The molecule has 13 nitrogen and oxygen atoms in total. The molecule has 0 bridgehead atoms. The van der Waals surface area contributed by atoms with Crippen molar-refractivity contribution in [2.24, 2.45) is 5.92 Å². The minimum Gasteiger partial charge on any atom is -0.364 e. The Morgan fingerprint density at radius 1 is 1.00 bits per heavy atom.